The van der Waals surface area contributed by atoms with Gasteiger partial charge < -0.3 is 10.4 Å². The first-order valence-electron chi connectivity index (χ1n) is 5.16. The lowest BCUT2D eigenvalue weighted by Gasteiger charge is -2.10. The number of nitro groups is 1. The van der Waals surface area contributed by atoms with E-state index >= 15 is 0 Å². The maximum atomic E-state index is 10.5. The molecule has 0 bridgehead atoms. The van der Waals surface area contributed by atoms with Gasteiger partial charge in [-0.1, -0.05) is 13.3 Å². The molecule has 1 heterocycles. The molecule has 0 aliphatic rings. The Morgan fingerprint density at radius 3 is 3.06 bits per heavy atom. The molecule has 0 aliphatic heterocycles. The van der Waals surface area contributed by atoms with E-state index in [1.165, 1.54) is 18.3 Å². The molecular weight excluding hydrogens is 210 g/mol. The summed E-state index contributed by atoms with van der Waals surface area (Å²) in [6.45, 7) is 2.33. The Morgan fingerprint density at radius 1 is 1.69 bits per heavy atom. The summed E-state index contributed by atoms with van der Waals surface area (Å²) in [5.74, 6) is 0.407. The third kappa shape index (κ3) is 3.82. The molecule has 1 aromatic heterocycles. The number of hydrogen-bond donors (Lipinski definition) is 2. The molecule has 88 valence electrons. The number of aliphatic hydroxyl groups excluding tert-OH is 1. The van der Waals surface area contributed by atoms with Crippen LogP contribution in [0, 0.1) is 10.1 Å². The zero-order chi connectivity index (χ0) is 12.0. The molecule has 0 spiro atoms. The van der Waals surface area contributed by atoms with Crippen LogP contribution in [0.5, 0.6) is 0 Å². The predicted octanol–water partition coefficient (Wildman–Crippen LogP) is 1.56. The molecule has 0 amide bonds. The summed E-state index contributed by atoms with van der Waals surface area (Å²) < 4.78 is 0. The first-order valence-corrected chi connectivity index (χ1v) is 5.16. The highest BCUT2D eigenvalue weighted by molar-refractivity contribution is 5.44. The molecule has 0 aliphatic carbocycles. The molecule has 0 saturated heterocycles. The Labute approximate surface area is 93.5 Å². The van der Waals surface area contributed by atoms with E-state index in [0.717, 1.165) is 6.42 Å². The van der Waals surface area contributed by atoms with Crippen molar-refractivity contribution in [1.82, 2.24) is 4.98 Å². The van der Waals surface area contributed by atoms with Crippen LogP contribution >= 0.6 is 0 Å². The monoisotopic (exact) mass is 225 g/mol. The second-order valence-corrected chi connectivity index (χ2v) is 3.48. The van der Waals surface area contributed by atoms with E-state index in [-0.39, 0.29) is 5.69 Å². The zero-order valence-corrected chi connectivity index (χ0v) is 9.09. The maximum Gasteiger partial charge on any atom is 0.274 e. The highest BCUT2D eigenvalue weighted by Gasteiger charge is 2.07. The lowest BCUT2D eigenvalue weighted by molar-refractivity contribution is -0.384. The highest BCUT2D eigenvalue weighted by atomic mass is 16.6. The largest absolute Gasteiger partial charge is 0.391 e. The van der Waals surface area contributed by atoms with Crippen molar-refractivity contribution in [3.8, 4) is 0 Å². The minimum atomic E-state index is -0.477. The maximum absolute atomic E-state index is 10.5. The second kappa shape index (κ2) is 6.02. The first-order chi connectivity index (χ1) is 7.63. The van der Waals surface area contributed by atoms with Gasteiger partial charge in [-0.15, -0.1) is 0 Å². The molecule has 0 aromatic carbocycles. The molecular formula is C10H15N3O3. The van der Waals surface area contributed by atoms with Crippen molar-refractivity contribution in [2.24, 2.45) is 0 Å². The van der Waals surface area contributed by atoms with Gasteiger partial charge in [0.15, 0.2) is 0 Å². The molecule has 16 heavy (non-hydrogen) atoms. The number of rotatable bonds is 6. The molecule has 0 fully saturated rings. The summed E-state index contributed by atoms with van der Waals surface area (Å²) in [4.78, 5) is 13.9. The molecule has 0 radical (unpaired) electrons. The molecule has 2 N–H and O–H groups in total. The highest BCUT2D eigenvalue weighted by Crippen LogP contribution is 2.14. The van der Waals surface area contributed by atoms with Gasteiger partial charge in [0.25, 0.3) is 5.69 Å². The van der Waals surface area contributed by atoms with E-state index in [0.29, 0.717) is 18.8 Å². The van der Waals surface area contributed by atoms with Crippen molar-refractivity contribution in [3.63, 3.8) is 0 Å². The minimum Gasteiger partial charge on any atom is -0.391 e. The molecule has 0 saturated carbocycles. The standard InChI is InChI=1S/C10H15N3O3/c1-2-3-9(14)7-12-10-6-8(13(15)16)4-5-11-10/h4-6,9,14H,2-3,7H2,1H3,(H,11,12). The van der Waals surface area contributed by atoms with Crippen LogP contribution in [0.1, 0.15) is 19.8 Å². The average molecular weight is 225 g/mol. The summed E-state index contributed by atoms with van der Waals surface area (Å²) in [6.07, 6.45) is 2.51. The van der Waals surface area contributed by atoms with Gasteiger partial charge in [0.05, 0.1) is 17.1 Å². The third-order valence-electron chi connectivity index (χ3n) is 2.10. The molecule has 1 aromatic rings. The Morgan fingerprint density at radius 2 is 2.44 bits per heavy atom. The third-order valence-corrected chi connectivity index (χ3v) is 2.10. The molecule has 1 unspecified atom stereocenters. The van der Waals surface area contributed by atoms with Gasteiger partial charge in [-0.05, 0) is 6.42 Å². The van der Waals surface area contributed by atoms with Crippen LogP contribution in [0.15, 0.2) is 18.3 Å². The summed E-state index contributed by atoms with van der Waals surface area (Å²) >= 11 is 0. The number of hydrogen-bond acceptors (Lipinski definition) is 5. The quantitative estimate of drug-likeness (QED) is 0.566. The number of nitrogens with one attached hydrogen (secondary N) is 1. The number of aromatic nitrogens is 1. The smallest absolute Gasteiger partial charge is 0.274 e. The van der Waals surface area contributed by atoms with Crippen LogP contribution in [0.3, 0.4) is 0 Å². The first kappa shape index (κ1) is 12.4. The van der Waals surface area contributed by atoms with Crippen molar-refractivity contribution in [2.45, 2.75) is 25.9 Å². The summed E-state index contributed by atoms with van der Waals surface area (Å²) in [6, 6.07) is 2.67. The van der Waals surface area contributed by atoms with Crippen molar-refractivity contribution >= 4 is 11.5 Å². The Hall–Kier alpha value is -1.69. The van der Waals surface area contributed by atoms with Crippen molar-refractivity contribution in [3.05, 3.63) is 28.4 Å². The van der Waals surface area contributed by atoms with E-state index in [9.17, 15) is 15.2 Å². The lowest BCUT2D eigenvalue weighted by Crippen LogP contribution is -2.19. The fourth-order valence-corrected chi connectivity index (χ4v) is 1.29. The number of nitrogens with zero attached hydrogens (tertiary/aromatic N) is 2. The van der Waals surface area contributed by atoms with Crippen molar-refractivity contribution in [2.75, 3.05) is 11.9 Å². The minimum absolute atomic E-state index is 0.0116. The van der Waals surface area contributed by atoms with Crippen LogP contribution in [-0.2, 0) is 0 Å². The van der Waals surface area contributed by atoms with E-state index in [1.54, 1.807) is 0 Å². The van der Waals surface area contributed by atoms with Gasteiger partial charge in [0, 0.05) is 18.8 Å². The Kier molecular flexibility index (Phi) is 4.65. The number of pyridine rings is 1. The predicted molar refractivity (Wildman–Crippen MR) is 60.3 cm³/mol. The van der Waals surface area contributed by atoms with E-state index in [1.807, 2.05) is 6.92 Å². The SMILES string of the molecule is CCCC(O)CNc1cc([N+](=O)[O-])ccn1. The van der Waals surface area contributed by atoms with E-state index < -0.39 is 11.0 Å². The zero-order valence-electron chi connectivity index (χ0n) is 9.09. The van der Waals surface area contributed by atoms with Gasteiger partial charge in [-0.2, -0.15) is 0 Å². The fraction of sp³-hybridized carbons (Fsp3) is 0.500. The molecule has 6 heteroatoms. The van der Waals surface area contributed by atoms with Gasteiger partial charge in [-0.3, -0.25) is 10.1 Å². The van der Waals surface area contributed by atoms with Crippen molar-refractivity contribution < 1.29 is 10.0 Å². The molecule has 1 atom stereocenters. The van der Waals surface area contributed by atoms with Gasteiger partial charge >= 0.3 is 0 Å². The fourth-order valence-electron chi connectivity index (χ4n) is 1.29. The summed E-state index contributed by atoms with van der Waals surface area (Å²) in [5.41, 5.74) is -0.0116. The van der Waals surface area contributed by atoms with Crippen molar-refractivity contribution in [1.29, 1.82) is 0 Å². The van der Waals surface area contributed by atoms with Gasteiger partial charge in [-0.25, -0.2) is 4.98 Å². The van der Waals surface area contributed by atoms with Gasteiger partial charge in [0.1, 0.15) is 5.82 Å². The van der Waals surface area contributed by atoms with E-state index in [2.05, 4.69) is 10.3 Å². The number of anilines is 1. The van der Waals surface area contributed by atoms with E-state index in [4.69, 9.17) is 0 Å². The van der Waals surface area contributed by atoms with Gasteiger partial charge in [0.2, 0.25) is 0 Å². The Balaban J connectivity index is 2.54. The summed E-state index contributed by atoms with van der Waals surface area (Å²) in [5, 5.41) is 22.8. The lowest BCUT2D eigenvalue weighted by atomic mass is 10.2. The van der Waals surface area contributed by atoms with Crippen LogP contribution in [-0.4, -0.2) is 27.7 Å². The average Bonchev–Trinajstić information content (AvgIpc) is 2.27. The molecule has 6 nitrogen and oxygen atoms in total. The van der Waals surface area contributed by atoms with Crippen LogP contribution in [0.2, 0.25) is 0 Å². The van der Waals surface area contributed by atoms with Crippen LogP contribution < -0.4 is 5.32 Å². The molecule has 1 rings (SSSR count). The van der Waals surface area contributed by atoms with Crippen LogP contribution in [0.25, 0.3) is 0 Å². The topological polar surface area (TPSA) is 88.3 Å². The second-order valence-electron chi connectivity index (χ2n) is 3.48. The normalized spacial score (nSPS) is 12.1. The van der Waals surface area contributed by atoms with Crippen LogP contribution in [0.4, 0.5) is 11.5 Å². The Bertz CT molecular complexity index is 357. The summed E-state index contributed by atoms with van der Waals surface area (Å²) in [7, 11) is 0. The number of aliphatic hydroxyl groups is 1.